The molecule has 3 nitrogen and oxygen atoms in total. The monoisotopic (exact) mass is 251 g/mol. The minimum Gasteiger partial charge on any atom is -0.245 e. The summed E-state index contributed by atoms with van der Waals surface area (Å²) in [5.41, 5.74) is 3.26. The van der Waals surface area contributed by atoms with Crippen molar-refractivity contribution in [2.45, 2.75) is 6.92 Å². The second-order valence-electron chi connectivity index (χ2n) is 3.93. The highest BCUT2D eigenvalue weighted by Gasteiger charge is 2.07. The molecule has 0 radical (unpaired) electrons. The summed E-state index contributed by atoms with van der Waals surface area (Å²) in [6.07, 6.45) is 1.63. The van der Waals surface area contributed by atoms with Crippen LogP contribution in [0.15, 0.2) is 36.5 Å². The van der Waals surface area contributed by atoms with Gasteiger partial charge in [0.05, 0.1) is 15.2 Å². The molecule has 0 amide bonds. The lowest BCUT2D eigenvalue weighted by Gasteiger charge is -2.02. The molecule has 0 saturated carbocycles. The first-order chi connectivity index (χ1) is 8.78. The van der Waals surface area contributed by atoms with Gasteiger partial charge in [0.2, 0.25) is 0 Å². The average Bonchev–Trinajstić information content (AvgIpc) is 2.77. The number of pyridine rings is 1. The number of benzene rings is 1. The van der Waals surface area contributed by atoms with E-state index in [2.05, 4.69) is 16.0 Å². The third-order valence-corrected chi connectivity index (χ3v) is 3.67. The van der Waals surface area contributed by atoms with Crippen molar-refractivity contribution < 1.29 is 0 Å². The molecule has 0 aliphatic rings. The molecule has 0 atom stereocenters. The fourth-order valence-corrected chi connectivity index (χ4v) is 2.74. The van der Waals surface area contributed by atoms with Crippen LogP contribution in [0.3, 0.4) is 0 Å². The minimum atomic E-state index is 0.448. The van der Waals surface area contributed by atoms with Gasteiger partial charge in [-0.3, -0.25) is 0 Å². The maximum Gasteiger partial charge on any atom is 0.148 e. The SMILES string of the molecule is Cc1nc2cc(-c3cccnc3C#N)ccc2s1. The first-order valence-electron chi connectivity index (χ1n) is 5.50. The highest BCUT2D eigenvalue weighted by molar-refractivity contribution is 7.18. The molecule has 18 heavy (non-hydrogen) atoms. The summed E-state index contributed by atoms with van der Waals surface area (Å²) in [7, 11) is 0. The fourth-order valence-electron chi connectivity index (χ4n) is 1.94. The maximum absolute atomic E-state index is 9.07. The van der Waals surface area contributed by atoms with E-state index in [1.807, 2.05) is 37.3 Å². The van der Waals surface area contributed by atoms with Gasteiger partial charge in [0.1, 0.15) is 11.8 Å². The number of nitrogens with zero attached hydrogens (tertiary/aromatic N) is 3. The van der Waals surface area contributed by atoms with Crippen molar-refractivity contribution in [2.24, 2.45) is 0 Å². The Kier molecular flexibility index (Phi) is 2.54. The zero-order valence-electron chi connectivity index (χ0n) is 9.71. The van der Waals surface area contributed by atoms with E-state index in [0.29, 0.717) is 5.69 Å². The van der Waals surface area contributed by atoms with E-state index in [0.717, 1.165) is 21.7 Å². The van der Waals surface area contributed by atoms with Gasteiger partial charge in [-0.2, -0.15) is 5.26 Å². The molecule has 86 valence electrons. The van der Waals surface area contributed by atoms with Gasteiger partial charge in [-0.25, -0.2) is 9.97 Å². The molecule has 0 aliphatic heterocycles. The van der Waals surface area contributed by atoms with Gasteiger partial charge < -0.3 is 0 Å². The maximum atomic E-state index is 9.07. The van der Waals surface area contributed by atoms with E-state index in [1.54, 1.807) is 17.5 Å². The molecule has 0 bridgehead atoms. The highest BCUT2D eigenvalue weighted by atomic mass is 32.1. The minimum absolute atomic E-state index is 0.448. The van der Waals surface area contributed by atoms with Crippen LogP contribution in [-0.4, -0.2) is 9.97 Å². The van der Waals surface area contributed by atoms with E-state index in [1.165, 1.54) is 4.70 Å². The summed E-state index contributed by atoms with van der Waals surface area (Å²) in [5, 5.41) is 10.1. The summed E-state index contributed by atoms with van der Waals surface area (Å²) < 4.78 is 1.17. The van der Waals surface area contributed by atoms with E-state index in [4.69, 9.17) is 5.26 Å². The Bertz CT molecular complexity index is 768. The second kappa shape index (κ2) is 4.21. The summed E-state index contributed by atoms with van der Waals surface area (Å²) in [6, 6.07) is 11.9. The van der Waals surface area contributed by atoms with Crippen LogP contribution < -0.4 is 0 Å². The van der Waals surface area contributed by atoms with Crippen molar-refractivity contribution in [3.63, 3.8) is 0 Å². The highest BCUT2D eigenvalue weighted by Crippen LogP contribution is 2.28. The van der Waals surface area contributed by atoms with Crippen molar-refractivity contribution in [1.29, 1.82) is 5.26 Å². The van der Waals surface area contributed by atoms with E-state index in [-0.39, 0.29) is 0 Å². The number of fused-ring (bicyclic) bond motifs is 1. The Balaban J connectivity index is 2.22. The van der Waals surface area contributed by atoms with Crippen LogP contribution in [0.5, 0.6) is 0 Å². The standard InChI is InChI=1S/C14H9N3S/c1-9-17-12-7-10(4-5-14(12)18-9)11-3-2-6-16-13(11)8-15/h2-7H,1H3. The smallest absolute Gasteiger partial charge is 0.148 e. The predicted octanol–water partition coefficient (Wildman–Crippen LogP) is 3.54. The van der Waals surface area contributed by atoms with Crippen LogP contribution in [0.1, 0.15) is 10.7 Å². The molecular weight excluding hydrogens is 242 g/mol. The molecule has 2 aromatic heterocycles. The molecule has 1 aromatic carbocycles. The average molecular weight is 251 g/mol. The summed E-state index contributed by atoms with van der Waals surface area (Å²) in [6.45, 7) is 2.00. The van der Waals surface area contributed by atoms with Gasteiger partial charge in [-0.15, -0.1) is 11.3 Å². The molecule has 0 unspecified atom stereocenters. The number of nitriles is 1. The quantitative estimate of drug-likeness (QED) is 0.664. The van der Waals surface area contributed by atoms with Gasteiger partial charge in [-0.1, -0.05) is 6.07 Å². The Morgan fingerprint density at radius 1 is 1.28 bits per heavy atom. The van der Waals surface area contributed by atoms with E-state index < -0.39 is 0 Å². The van der Waals surface area contributed by atoms with Crippen LogP contribution in [0.25, 0.3) is 21.3 Å². The molecule has 3 rings (SSSR count). The van der Waals surface area contributed by atoms with Gasteiger partial charge in [0.15, 0.2) is 0 Å². The Labute approximate surface area is 108 Å². The van der Waals surface area contributed by atoms with Crippen molar-refractivity contribution >= 4 is 21.6 Å². The van der Waals surface area contributed by atoms with Crippen LogP contribution >= 0.6 is 11.3 Å². The second-order valence-corrected chi connectivity index (χ2v) is 5.16. The Morgan fingerprint density at radius 2 is 2.17 bits per heavy atom. The number of hydrogen-bond acceptors (Lipinski definition) is 4. The molecule has 3 aromatic rings. The van der Waals surface area contributed by atoms with Gasteiger partial charge >= 0.3 is 0 Å². The normalized spacial score (nSPS) is 10.4. The molecule has 0 N–H and O–H groups in total. The number of thiazole rings is 1. The lowest BCUT2D eigenvalue weighted by atomic mass is 10.0. The lowest BCUT2D eigenvalue weighted by Crippen LogP contribution is -1.87. The van der Waals surface area contributed by atoms with Crippen LogP contribution in [0, 0.1) is 18.3 Å². The van der Waals surface area contributed by atoms with Crippen molar-refractivity contribution in [1.82, 2.24) is 9.97 Å². The van der Waals surface area contributed by atoms with E-state index >= 15 is 0 Å². The summed E-state index contributed by atoms with van der Waals surface area (Å²) in [4.78, 5) is 8.55. The molecule has 2 heterocycles. The van der Waals surface area contributed by atoms with E-state index in [9.17, 15) is 0 Å². The van der Waals surface area contributed by atoms with Crippen molar-refractivity contribution in [3.8, 4) is 17.2 Å². The van der Waals surface area contributed by atoms with Gasteiger partial charge in [0, 0.05) is 11.8 Å². The third kappa shape index (κ3) is 1.75. The van der Waals surface area contributed by atoms with Gasteiger partial charge in [0.25, 0.3) is 0 Å². The number of hydrogen-bond donors (Lipinski definition) is 0. The molecule has 0 aliphatic carbocycles. The number of rotatable bonds is 1. The zero-order valence-corrected chi connectivity index (χ0v) is 10.5. The fraction of sp³-hybridized carbons (Fsp3) is 0.0714. The largest absolute Gasteiger partial charge is 0.245 e. The number of aromatic nitrogens is 2. The molecule has 0 fully saturated rings. The van der Waals surface area contributed by atoms with Crippen LogP contribution in [0.2, 0.25) is 0 Å². The van der Waals surface area contributed by atoms with Gasteiger partial charge in [-0.05, 0) is 36.8 Å². The third-order valence-electron chi connectivity index (χ3n) is 2.72. The Hall–Kier alpha value is -2.25. The van der Waals surface area contributed by atoms with Crippen molar-refractivity contribution in [2.75, 3.05) is 0 Å². The van der Waals surface area contributed by atoms with Crippen molar-refractivity contribution in [3.05, 3.63) is 47.2 Å². The molecule has 0 spiro atoms. The lowest BCUT2D eigenvalue weighted by molar-refractivity contribution is 1.26. The first kappa shape index (κ1) is 10.9. The molecule has 4 heteroatoms. The Morgan fingerprint density at radius 3 is 3.00 bits per heavy atom. The summed E-state index contributed by atoms with van der Waals surface area (Å²) >= 11 is 1.67. The van der Waals surface area contributed by atoms with Crippen LogP contribution in [-0.2, 0) is 0 Å². The first-order valence-corrected chi connectivity index (χ1v) is 6.32. The molecular formula is C14H9N3S. The zero-order chi connectivity index (χ0) is 12.5. The predicted molar refractivity (Wildman–Crippen MR) is 72.3 cm³/mol. The number of aryl methyl sites for hydroxylation is 1. The van der Waals surface area contributed by atoms with Crippen LogP contribution in [0.4, 0.5) is 0 Å². The molecule has 0 saturated heterocycles. The summed E-state index contributed by atoms with van der Waals surface area (Å²) in [5.74, 6) is 0. The topological polar surface area (TPSA) is 49.6 Å².